The van der Waals surface area contributed by atoms with Gasteiger partial charge in [0.15, 0.2) is 0 Å². The van der Waals surface area contributed by atoms with Crippen LogP contribution < -0.4 is 0 Å². The van der Waals surface area contributed by atoms with E-state index in [4.69, 9.17) is 0 Å². The molecule has 0 bridgehead atoms. The van der Waals surface area contributed by atoms with Gasteiger partial charge >= 0.3 is 0 Å². The van der Waals surface area contributed by atoms with Crippen molar-refractivity contribution in [1.82, 2.24) is 4.90 Å². The Hall–Kier alpha value is -1.15. The molecule has 16 heavy (non-hydrogen) atoms. The van der Waals surface area contributed by atoms with Crippen molar-refractivity contribution >= 4 is 6.29 Å². The summed E-state index contributed by atoms with van der Waals surface area (Å²) in [6.45, 7) is 5.67. The molecule has 1 aliphatic heterocycles. The predicted molar refractivity (Wildman–Crippen MR) is 65.5 cm³/mol. The lowest BCUT2D eigenvalue weighted by atomic mass is 9.99. The molecule has 0 saturated carbocycles. The van der Waals surface area contributed by atoms with Gasteiger partial charge in [0.25, 0.3) is 0 Å². The van der Waals surface area contributed by atoms with Crippen molar-refractivity contribution in [3.63, 3.8) is 0 Å². The van der Waals surface area contributed by atoms with Crippen LogP contribution in [0.2, 0.25) is 0 Å². The minimum atomic E-state index is 0.780. The number of likely N-dealkylation sites (tertiary alicyclic amines) is 1. The Morgan fingerprint density at radius 1 is 1.50 bits per heavy atom. The zero-order valence-electron chi connectivity index (χ0n) is 9.86. The van der Waals surface area contributed by atoms with Crippen LogP contribution in [0.15, 0.2) is 24.3 Å². The number of hydrogen-bond donors (Lipinski definition) is 0. The first-order valence-electron chi connectivity index (χ1n) is 6.04. The fourth-order valence-electron chi connectivity index (χ4n) is 2.45. The molecule has 86 valence electrons. The van der Waals surface area contributed by atoms with Crippen molar-refractivity contribution < 1.29 is 4.79 Å². The third-order valence-electron chi connectivity index (χ3n) is 3.23. The van der Waals surface area contributed by atoms with Crippen molar-refractivity contribution in [1.29, 1.82) is 0 Å². The van der Waals surface area contributed by atoms with Gasteiger partial charge in [-0.2, -0.15) is 0 Å². The molecule has 0 unspecified atom stereocenters. The van der Waals surface area contributed by atoms with Crippen molar-refractivity contribution in [2.45, 2.75) is 26.3 Å². The van der Waals surface area contributed by atoms with Gasteiger partial charge in [-0.05, 0) is 36.9 Å². The summed E-state index contributed by atoms with van der Waals surface area (Å²) in [7, 11) is 0. The lowest BCUT2D eigenvalue weighted by Crippen LogP contribution is -2.33. The van der Waals surface area contributed by atoms with E-state index in [0.29, 0.717) is 0 Å². The molecule has 1 heterocycles. The average Bonchev–Trinajstić information content (AvgIpc) is 2.29. The summed E-state index contributed by atoms with van der Waals surface area (Å²) in [5, 5.41) is 0. The molecule has 2 nitrogen and oxygen atoms in total. The molecule has 0 N–H and O–H groups in total. The maximum absolute atomic E-state index is 10.7. The average molecular weight is 217 g/mol. The van der Waals surface area contributed by atoms with Gasteiger partial charge in [-0.25, -0.2) is 0 Å². The predicted octanol–water partition coefficient (Wildman–Crippen LogP) is 2.73. The number of nitrogens with zero attached hydrogens (tertiary/aromatic N) is 1. The Bertz CT molecular complexity index is 362. The second kappa shape index (κ2) is 5.26. The second-order valence-corrected chi connectivity index (χ2v) is 4.85. The molecular formula is C14H19NO. The van der Waals surface area contributed by atoms with Crippen LogP contribution in [0.1, 0.15) is 35.7 Å². The summed E-state index contributed by atoms with van der Waals surface area (Å²) in [6, 6.07) is 7.92. The molecule has 2 heteroatoms. The van der Waals surface area contributed by atoms with Gasteiger partial charge in [0, 0.05) is 18.7 Å². The van der Waals surface area contributed by atoms with E-state index in [-0.39, 0.29) is 0 Å². The van der Waals surface area contributed by atoms with E-state index in [0.717, 1.165) is 24.3 Å². The minimum absolute atomic E-state index is 0.780. The molecule has 1 atom stereocenters. The standard InChI is InChI=1S/C14H19NO/c1-12-4-3-7-15(9-12)10-13-5-2-6-14(8-13)11-16/h2,5-6,8,11-12H,3-4,7,9-10H2,1H3/t12-/m1/s1. The van der Waals surface area contributed by atoms with Crippen molar-refractivity contribution in [3.05, 3.63) is 35.4 Å². The van der Waals surface area contributed by atoms with E-state index in [1.54, 1.807) is 0 Å². The molecule has 2 rings (SSSR count). The summed E-state index contributed by atoms with van der Waals surface area (Å²) in [4.78, 5) is 13.2. The molecule has 0 spiro atoms. The molecular weight excluding hydrogens is 198 g/mol. The Morgan fingerprint density at radius 2 is 2.38 bits per heavy atom. The maximum Gasteiger partial charge on any atom is 0.150 e. The fraction of sp³-hybridized carbons (Fsp3) is 0.500. The van der Waals surface area contributed by atoms with Crippen LogP contribution in [0.3, 0.4) is 0 Å². The Labute approximate surface area is 97.3 Å². The number of carbonyl (C=O) groups excluding carboxylic acids is 1. The highest BCUT2D eigenvalue weighted by atomic mass is 16.1. The molecule has 0 aromatic heterocycles. The number of benzene rings is 1. The van der Waals surface area contributed by atoms with E-state index in [9.17, 15) is 4.79 Å². The first kappa shape index (κ1) is 11.3. The van der Waals surface area contributed by atoms with Gasteiger partial charge in [-0.3, -0.25) is 9.69 Å². The van der Waals surface area contributed by atoms with Crippen molar-refractivity contribution in [2.24, 2.45) is 5.92 Å². The molecule has 1 fully saturated rings. The van der Waals surface area contributed by atoms with Crippen LogP contribution in [0.5, 0.6) is 0 Å². The minimum Gasteiger partial charge on any atom is -0.299 e. The van der Waals surface area contributed by atoms with Crippen molar-refractivity contribution in [2.75, 3.05) is 13.1 Å². The lowest BCUT2D eigenvalue weighted by Gasteiger charge is -2.30. The number of rotatable bonds is 3. The van der Waals surface area contributed by atoms with Crippen LogP contribution >= 0.6 is 0 Å². The number of piperidine rings is 1. The third kappa shape index (κ3) is 2.92. The van der Waals surface area contributed by atoms with E-state index < -0.39 is 0 Å². The van der Waals surface area contributed by atoms with Gasteiger partial charge < -0.3 is 0 Å². The highest BCUT2D eigenvalue weighted by Crippen LogP contribution is 2.17. The Morgan fingerprint density at radius 3 is 3.12 bits per heavy atom. The fourth-order valence-corrected chi connectivity index (χ4v) is 2.45. The molecule has 0 radical (unpaired) electrons. The molecule has 1 aromatic rings. The van der Waals surface area contributed by atoms with E-state index in [1.807, 2.05) is 18.2 Å². The molecule has 1 aliphatic rings. The van der Waals surface area contributed by atoms with E-state index in [1.165, 1.54) is 31.5 Å². The summed E-state index contributed by atoms with van der Waals surface area (Å²) in [6.07, 6.45) is 3.57. The largest absolute Gasteiger partial charge is 0.299 e. The van der Waals surface area contributed by atoms with Crippen LogP contribution in [-0.4, -0.2) is 24.3 Å². The van der Waals surface area contributed by atoms with Gasteiger partial charge in [-0.1, -0.05) is 25.1 Å². The zero-order chi connectivity index (χ0) is 11.4. The summed E-state index contributed by atoms with van der Waals surface area (Å²) in [5.74, 6) is 0.808. The Balaban J connectivity index is 1.99. The first-order valence-corrected chi connectivity index (χ1v) is 6.04. The second-order valence-electron chi connectivity index (χ2n) is 4.85. The van der Waals surface area contributed by atoms with Gasteiger partial charge in [-0.15, -0.1) is 0 Å². The number of hydrogen-bond acceptors (Lipinski definition) is 2. The third-order valence-corrected chi connectivity index (χ3v) is 3.23. The van der Waals surface area contributed by atoms with Crippen LogP contribution in [-0.2, 0) is 6.54 Å². The Kier molecular flexibility index (Phi) is 3.73. The summed E-state index contributed by atoms with van der Waals surface area (Å²) >= 11 is 0. The molecule has 0 amide bonds. The quantitative estimate of drug-likeness (QED) is 0.726. The topological polar surface area (TPSA) is 20.3 Å². The van der Waals surface area contributed by atoms with Gasteiger partial charge in [0.05, 0.1) is 0 Å². The van der Waals surface area contributed by atoms with Crippen LogP contribution in [0, 0.1) is 5.92 Å². The highest BCUT2D eigenvalue weighted by Gasteiger charge is 2.16. The lowest BCUT2D eigenvalue weighted by molar-refractivity contribution is 0.112. The summed E-state index contributed by atoms with van der Waals surface area (Å²) < 4.78 is 0. The van der Waals surface area contributed by atoms with Gasteiger partial charge in [0.1, 0.15) is 6.29 Å². The highest BCUT2D eigenvalue weighted by molar-refractivity contribution is 5.74. The van der Waals surface area contributed by atoms with E-state index in [2.05, 4.69) is 17.9 Å². The van der Waals surface area contributed by atoms with Crippen LogP contribution in [0.4, 0.5) is 0 Å². The van der Waals surface area contributed by atoms with E-state index >= 15 is 0 Å². The normalized spacial score (nSPS) is 21.9. The molecule has 1 saturated heterocycles. The smallest absolute Gasteiger partial charge is 0.150 e. The molecule has 1 aromatic carbocycles. The zero-order valence-corrected chi connectivity index (χ0v) is 9.86. The number of aldehydes is 1. The first-order chi connectivity index (χ1) is 7.78. The van der Waals surface area contributed by atoms with Gasteiger partial charge in [0.2, 0.25) is 0 Å². The maximum atomic E-state index is 10.7. The SMILES string of the molecule is C[C@@H]1CCCN(Cc2cccc(C=O)c2)C1. The van der Waals surface area contributed by atoms with Crippen LogP contribution in [0.25, 0.3) is 0 Å². The summed E-state index contributed by atoms with van der Waals surface area (Å²) in [5.41, 5.74) is 2.03. The number of carbonyl (C=O) groups is 1. The van der Waals surface area contributed by atoms with Crippen molar-refractivity contribution in [3.8, 4) is 0 Å². The monoisotopic (exact) mass is 217 g/mol. The molecule has 0 aliphatic carbocycles.